The largest absolute Gasteiger partial charge is 0.338 e. The second-order valence-corrected chi connectivity index (χ2v) is 8.20. The lowest BCUT2D eigenvalue weighted by Gasteiger charge is -2.31. The number of hydrogen-bond donors (Lipinski definition) is 0. The van der Waals surface area contributed by atoms with E-state index < -0.39 is 9.84 Å². The van der Waals surface area contributed by atoms with Gasteiger partial charge in [0.1, 0.15) is 0 Å². The first-order chi connectivity index (χ1) is 11.2. The lowest BCUT2D eigenvalue weighted by Crippen LogP contribution is -2.44. The van der Waals surface area contributed by atoms with Crippen LogP contribution in [0.3, 0.4) is 0 Å². The summed E-state index contributed by atoms with van der Waals surface area (Å²) in [6.45, 7) is 3.44. The highest BCUT2D eigenvalue weighted by Gasteiger charge is 2.30. The van der Waals surface area contributed by atoms with Crippen LogP contribution in [0.15, 0.2) is 36.9 Å². The Bertz CT molecular complexity index is 740. The molecule has 7 heteroatoms. The van der Waals surface area contributed by atoms with E-state index in [1.165, 1.54) is 15.9 Å². The molecule has 0 spiro atoms. The summed E-state index contributed by atoms with van der Waals surface area (Å²) in [5.74, 6) is -0.242. The van der Waals surface area contributed by atoms with Crippen molar-refractivity contribution in [2.75, 3.05) is 30.5 Å². The number of amides is 2. The third-order valence-electron chi connectivity index (χ3n) is 4.31. The van der Waals surface area contributed by atoms with Crippen molar-refractivity contribution in [3.05, 3.63) is 42.5 Å². The summed E-state index contributed by atoms with van der Waals surface area (Å²) in [4.78, 5) is 27.1. The zero-order chi connectivity index (χ0) is 17.9. The van der Waals surface area contributed by atoms with Crippen LogP contribution in [0, 0.1) is 0 Å². The Hall–Kier alpha value is -2.15. The molecule has 0 N–H and O–H groups in total. The monoisotopic (exact) mass is 350 g/mol. The van der Waals surface area contributed by atoms with Crippen LogP contribution >= 0.6 is 0 Å². The van der Waals surface area contributed by atoms with Crippen molar-refractivity contribution in [1.82, 2.24) is 4.90 Å². The fourth-order valence-corrected chi connectivity index (χ4v) is 4.52. The molecule has 1 heterocycles. The minimum atomic E-state index is -3.07. The Balaban J connectivity index is 2.12. The Morgan fingerprint density at radius 2 is 1.83 bits per heavy atom. The lowest BCUT2D eigenvalue weighted by molar-refractivity contribution is -0.113. The zero-order valence-electron chi connectivity index (χ0n) is 13.9. The predicted molar refractivity (Wildman–Crippen MR) is 93.8 cm³/mol. The van der Waals surface area contributed by atoms with Crippen LogP contribution in [-0.4, -0.2) is 56.8 Å². The SMILES string of the molecule is C=CC(=O)N(C)c1ccc(C(=O)N(C)C2CCCS(=O)(=O)C2)cc1. The fourth-order valence-electron chi connectivity index (χ4n) is 2.77. The van der Waals surface area contributed by atoms with Crippen LogP contribution in [0.1, 0.15) is 23.2 Å². The highest BCUT2D eigenvalue weighted by molar-refractivity contribution is 7.91. The number of hydrogen-bond acceptors (Lipinski definition) is 4. The normalized spacial score (nSPS) is 19.3. The summed E-state index contributed by atoms with van der Waals surface area (Å²) in [7, 11) is 0.188. The fraction of sp³-hybridized carbons (Fsp3) is 0.412. The molecule has 1 aromatic carbocycles. The van der Waals surface area contributed by atoms with Crippen molar-refractivity contribution >= 4 is 27.3 Å². The van der Waals surface area contributed by atoms with Gasteiger partial charge in [-0.2, -0.15) is 0 Å². The maximum Gasteiger partial charge on any atom is 0.253 e. The van der Waals surface area contributed by atoms with E-state index in [0.29, 0.717) is 24.1 Å². The number of carbonyl (C=O) groups is 2. The Kier molecular flexibility index (Phi) is 5.43. The van der Waals surface area contributed by atoms with E-state index in [1.54, 1.807) is 38.4 Å². The molecule has 1 atom stereocenters. The second kappa shape index (κ2) is 7.17. The van der Waals surface area contributed by atoms with Gasteiger partial charge in [0.15, 0.2) is 9.84 Å². The average molecular weight is 350 g/mol. The van der Waals surface area contributed by atoms with Crippen LogP contribution in [0.25, 0.3) is 0 Å². The highest BCUT2D eigenvalue weighted by atomic mass is 32.2. The van der Waals surface area contributed by atoms with E-state index in [1.807, 2.05) is 0 Å². The van der Waals surface area contributed by atoms with Crippen LogP contribution < -0.4 is 4.90 Å². The smallest absolute Gasteiger partial charge is 0.253 e. The van der Waals surface area contributed by atoms with Crippen molar-refractivity contribution in [2.24, 2.45) is 0 Å². The van der Waals surface area contributed by atoms with Gasteiger partial charge >= 0.3 is 0 Å². The average Bonchev–Trinajstić information content (AvgIpc) is 2.58. The molecular weight excluding hydrogens is 328 g/mol. The molecule has 0 aromatic heterocycles. The van der Waals surface area contributed by atoms with E-state index >= 15 is 0 Å². The molecule has 0 bridgehead atoms. The number of anilines is 1. The lowest BCUT2D eigenvalue weighted by atomic mass is 10.1. The van der Waals surface area contributed by atoms with Crippen LogP contribution in [0.2, 0.25) is 0 Å². The molecular formula is C17H22N2O4S. The molecule has 130 valence electrons. The van der Waals surface area contributed by atoms with E-state index in [2.05, 4.69) is 6.58 Å². The summed E-state index contributed by atoms with van der Waals surface area (Å²) in [5.41, 5.74) is 1.11. The first kappa shape index (κ1) is 18.2. The summed E-state index contributed by atoms with van der Waals surface area (Å²) in [6.07, 6.45) is 2.49. The zero-order valence-corrected chi connectivity index (χ0v) is 14.8. The Morgan fingerprint density at radius 3 is 2.38 bits per heavy atom. The van der Waals surface area contributed by atoms with Crippen molar-refractivity contribution < 1.29 is 18.0 Å². The standard InChI is InChI=1S/C17H22N2O4S/c1-4-16(20)18(2)14-9-7-13(8-10-14)17(21)19(3)15-6-5-11-24(22,23)12-15/h4,7-10,15H,1,5-6,11-12H2,2-3H3. The van der Waals surface area contributed by atoms with Crippen molar-refractivity contribution in [3.63, 3.8) is 0 Å². The Labute approximate surface area is 142 Å². The van der Waals surface area contributed by atoms with Crippen LogP contribution in [0.4, 0.5) is 5.69 Å². The molecule has 1 aromatic rings. The number of rotatable bonds is 4. The van der Waals surface area contributed by atoms with Gasteiger partial charge in [-0.15, -0.1) is 0 Å². The molecule has 24 heavy (non-hydrogen) atoms. The van der Waals surface area contributed by atoms with Gasteiger partial charge in [-0.3, -0.25) is 9.59 Å². The van der Waals surface area contributed by atoms with Gasteiger partial charge in [0.25, 0.3) is 5.91 Å². The van der Waals surface area contributed by atoms with Gasteiger partial charge in [-0.05, 0) is 43.2 Å². The molecule has 2 amide bonds. The molecule has 0 radical (unpaired) electrons. The maximum atomic E-state index is 12.6. The van der Waals surface area contributed by atoms with Gasteiger partial charge < -0.3 is 9.80 Å². The van der Waals surface area contributed by atoms with Crippen molar-refractivity contribution in [2.45, 2.75) is 18.9 Å². The summed E-state index contributed by atoms with van der Waals surface area (Å²) >= 11 is 0. The number of benzene rings is 1. The van der Waals surface area contributed by atoms with E-state index in [0.717, 1.165) is 0 Å². The van der Waals surface area contributed by atoms with Gasteiger partial charge in [0.2, 0.25) is 5.91 Å². The van der Waals surface area contributed by atoms with Gasteiger partial charge in [-0.25, -0.2) is 8.42 Å². The predicted octanol–water partition coefficient (Wildman–Crippen LogP) is 1.48. The summed E-state index contributed by atoms with van der Waals surface area (Å²) < 4.78 is 23.5. The number of nitrogens with zero attached hydrogens (tertiary/aromatic N) is 2. The number of likely N-dealkylation sites (N-methyl/N-ethyl adjacent to an activating group) is 1. The van der Waals surface area contributed by atoms with Crippen LogP contribution in [-0.2, 0) is 14.6 Å². The van der Waals surface area contributed by atoms with E-state index in [-0.39, 0.29) is 29.4 Å². The van der Waals surface area contributed by atoms with Gasteiger partial charge in [-0.1, -0.05) is 6.58 Å². The third kappa shape index (κ3) is 4.03. The first-order valence-corrected chi connectivity index (χ1v) is 9.55. The molecule has 6 nitrogen and oxygen atoms in total. The third-order valence-corrected chi connectivity index (χ3v) is 6.12. The van der Waals surface area contributed by atoms with Gasteiger partial charge in [0, 0.05) is 31.4 Å². The quantitative estimate of drug-likeness (QED) is 0.771. The van der Waals surface area contributed by atoms with Crippen molar-refractivity contribution in [1.29, 1.82) is 0 Å². The topological polar surface area (TPSA) is 74.8 Å². The molecule has 0 saturated carbocycles. The Morgan fingerprint density at radius 1 is 1.21 bits per heavy atom. The minimum absolute atomic E-state index is 0.0178. The molecule has 1 aliphatic rings. The van der Waals surface area contributed by atoms with E-state index in [4.69, 9.17) is 0 Å². The minimum Gasteiger partial charge on any atom is -0.338 e. The molecule has 1 aliphatic heterocycles. The molecule has 0 aliphatic carbocycles. The van der Waals surface area contributed by atoms with E-state index in [9.17, 15) is 18.0 Å². The molecule has 2 rings (SSSR count). The highest BCUT2D eigenvalue weighted by Crippen LogP contribution is 2.20. The van der Waals surface area contributed by atoms with Crippen molar-refractivity contribution in [3.8, 4) is 0 Å². The molecule has 1 unspecified atom stereocenters. The molecule has 1 saturated heterocycles. The number of carbonyl (C=O) groups excluding carboxylic acids is 2. The maximum absolute atomic E-state index is 12.6. The summed E-state index contributed by atoms with van der Waals surface area (Å²) in [5, 5.41) is 0. The first-order valence-electron chi connectivity index (χ1n) is 7.73. The molecule has 1 fully saturated rings. The second-order valence-electron chi connectivity index (χ2n) is 5.97. The number of sulfone groups is 1. The summed E-state index contributed by atoms with van der Waals surface area (Å²) in [6, 6.07) is 6.35. The van der Waals surface area contributed by atoms with Crippen LogP contribution in [0.5, 0.6) is 0 Å². The van der Waals surface area contributed by atoms with Gasteiger partial charge in [0.05, 0.1) is 11.5 Å².